The highest BCUT2D eigenvalue weighted by Crippen LogP contribution is 2.13. The summed E-state index contributed by atoms with van der Waals surface area (Å²) in [6, 6.07) is 6.51. The number of hydrogen-bond acceptors (Lipinski definition) is 4. The predicted octanol–water partition coefficient (Wildman–Crippen LogP) is 2.04. The van der Waals surface area contributed by atoms with Gasteiger partial charge in [0.1, 0.15) is 0 Å². The van der Waals surface area contributed by atoms with Crippen molar-refractivity contribution in [1.29, 1.82) is 0 Å². The van der Waals surface area contributed by atoms with Crippen molar-refractivity contribution in [2.75, 3.05) is 24.9 Å². The molecule has 2 amide bonds. The summed E-state index contributed by atoms with van der Waals surface area (Å²) in [7, 11) is 2.56. The Bertz CT molecular complexity index is 338. The zero-order chi connectivity index (χ0) is 12.0. The van der Waals surface area contributed by atoms with Crippen LogP contribution in [0.25, 0.3) is 0 Å². The largest absolute Gasteiger partial charge is 0.453 e. The number of amides is 2. The Morgan fingerprint density at radius 3 is 1.44 bits per heavy atom. The van der Waals surface area contributed by atoms with E-state index in [0.717, 1.165) is 0 Å². The first-order valence-electron chi connectivity index (χ1n) is 4.45. The van der Waals surface area contributed by atoms with Gasteiger partial charge in [-0.05, 0) is 24.3 Å². The summed E-state index contributed by atoms with van der Waals surface area (Å²) in [5.41, 5.74) is 1.14. The third-order valence-corrected chi connectivity index (χ3v) is 1.75. The average Bonchev–Trinajstić information content (AvgIpc) is 2.31. The Morgan fingerprint density at radius 1 is 0.875 bits per heavy atom. The molecule has 0 saturated heterocycles. The maximum atomic E-state index is 10.9. The fourth-order valence-electron chi connectivity index (χ4n) is 0.975. The van der Waals surface area contributed by atoms with Crippen LogP contribution in [0.2, 0.25) is 0 Å². The molecule has 0 spiro atoms. The molecule has 0 aliphatic heterocycles. The standard InChI is InChI=1S/C10H12N2O4/c1-15-9(13)11-7-3-5-8(6-4-7)12-10(14)16-2/h3-6H,1-2H3,(H,11,13)(H,12,14). The van der Waals surface area contributed by atoms with Gasteiger partial charge in [0, 0.05) is 11.4 Å². The second-order valence-corrected chi connectivity index (χ2v) is 2.81. The second-order valence-electron chi connectivity index (χ2n) is 2.81. The predicted molar refractivity (Wildman–Crippen MR) is 58.5 cm³/mol. The van der Waals surface area contributed by atoms with E-state index in [1.165, 1.54) is 14.2 Å². The minimum atomic E-state index is -0.548. The normalized spacial score (nSPS) is 9.12. The number of nitrogens with one attached hydrogen (secondary N) is 2. The van der Waals surface area contributed by atoms with Crippen molar-refractivity contribution < 1.29 is 19.1 Å². The van der Waals surface area contributed by atoms with Crippen LogP contribution in [-0.2, 0) is 9.47 Å². The third kappa shape index (κ3) is 3.49. The van der Waals surface area contributed by atoms with Gasteiger partial charge in [-0.1, -0.05) is 0 Å². The highest BCUT2D eigenvalue weighted by molar-refractivity contribution is 5.87. The molecule has 0 bridgehead atoms. The Balaban J connectivity index is 2.60. The average molecular weight is 224 g/mol. The van der Waals surface area contributed by atoms with E-state index in [0.29, 0.717) is 11.4 Å². The first-order valence-corrected chi connectivity index (χ1v) is 4.45. The number of carbonyl (C=O) groups is 2. The molecular formula is C10H12N2O4. The van der Waals surface area contributed by atoms with E-state index in [4.69, 9.17) is 0 Å². The third-order valence-electron chi connectivity index (χ3n) is 1.75. The molecule has 0 saturated carbocycles. The molecular weight excluding hydrogens is 212 g/mol. The summed E-state index contributed by atoms with van der Waals surface area (Å²) in [5, 5.41) is 4.96. The van der Waals surface area contributed by atoms with E-state index < -0.39 is 12.2 Å². The number of anilines is 2. The molecule has 0 atom stereocenters. The smallest absolute Gasteiger partial charge is 0.411 e. The van der Waals surface area contributed by atoms with Gasteiger partial charge in [0.25, 0.3) is 0 Å². The molecule has 86 valence electrons. The molecule has 0 aliphatic rings. The molecule has 1 aromatic carbocycles. The van der Waals surface area contributed by atoms with Crippen molar-refractivity contribution >= 4 is 23.6 Å². The quantitative estimate of drug-likeness (QED) is 0.805. The van der Waals surface area contributed by atoms with Crippen LogP contribution in [-0.4, -0.2) is 26.4 Å². The summed E-state index contributed by atoms with van der Waals surface area (Å²) >= 11 is 0. The van der Waals surface area contributed by atoms with Gasteiger partial charge in [0.15, 0.2) is 0 Å². The minimum Gasteiger partial charge on any atom is -0.453 e. The topological polar surface area (TPSA) is 76.7 Å². The van der Waals surface area contributed by atoms with Gasteiger partial charge < -0.3 is 9.47 Å². The first-order chi connectivity index (χ1) is 7.65. The van der Waals surface area contributed by atoms with Crippen molar-refractivity contribution in [3.8, 4) is 0 Å². The number of rotatable bonds is 2. The van der Waals surface area contributed by atoms with Gasteiger partial charge >= 0.3 is 12.2 Å². The Labute approximate surface area is 92.5 Å². The van der Waals surface area contributed by atoms with Gasteiger partial charge in [-0.2, -0.15) is 0 Å². The fraction of sp³-hybridized carbons (Fsp3) is 0.200. The summed E-state index contributed by atoms with van der Waals surface area (Å²) in [5.74, 6) is 0. The van der Waals surface area contributed by atoms with Crippen molar-refractivity contribution in [3.63, 3.8) is 0 Å². The zero-order valence-electron chi connectivity index (χ0n) is 8.94. The molecule has 1 aromatic rings. The molecule has 1 rings (SSSR count). The lowest BCUT2D eigenvalue weighted by atomic mass is 10.3. The van der Waals surface area contributed by atoms with E-state index in [1.807, 2.05) is 0 Å². The minimum absolute atomic E-state index is 0.548. The van der Waals surface area contributed by atoms with Gasteiger partial charge in [0.05, 0.1) is 14.2 Å². The molecule has 2 N–H and O–H groups in total. The maximum absolute atomic E-state index is 10.9. The number of carbonyl (C=O) groups excluding carboxylic acids is 2. The van der Waals surface area contributed by atoms with Crippen LogP contribution in [0.5, 0.6) is 0 Å². The Hall–Kier alpha value is -2.24. The molecule has 0 aliphatic carbocycles. The summed E-state index contributed by atoms with van der Waals surface area (Å²) in [6.07, 6.45) is -1.10. The molecule has 6 heteroatoms. The van der Waals surface area contributed by atoms with Gasteiger partial charge in [-0.3, -0.25) is 10.6 Å². The first kappa shape index (κ1) is 11.8. The lowest BCUT2D eigenvalue weighted by molar-refractivity contribution is 0.186. The van der Waals surface area contributed by atoms with Crippen LogP contribution in [0.15, 0.2) is 24.3 Å². The van der Waals surface area contributed by atoms with Crippen LogP contribution in [0, 0.1) is 0 Å². The highest BCUT2D eigenvalue weighted by Gasteiger charge is 2.02. The summed E-state index contributed by atoms with van der Waals surface area (Å²) in [4.78, 5) is 21.7. The molecule has 0 radical (unpaired) electrons. The summed E-state index contributed by atoms with van der Waals surface area (Å²) < 4.78 is 8.85. The van der Waals surface area contributed by atoms with Crippen molar-refractivity contribution in [2.45, 2.75) is 0 Å². The van der Waals surface area contributed by atoms with Crippen LogP contribution in [0.3, 0.4) is 0 Å². The lowest BCUT2D eigenvalue weighted by Crippen LogP contribution is -2.12. The van der Waals surface area contributed by atoms with Crippen LogP contribution in [0.1, 0.15) is 0 Å². The Morgan fingerprint density at radius 2 is 1.19 bits per heavy atom. The molecule has 16 heavy (non-hydrogen) atoms. The van der Waals surface area contributed by atoms with E-state index in [9.17, 15) is 9.59 Å². The number of hydrogen-bond donors (Lipinski definition) is 2. The van der Waals surface area contributed by atoms with E-state index in [2.05, 4.69) is 20.1 Å². The van der Waals surface area contributed by atoms with Crippen LogP contribution < -0.4 is 10.6 Å². The van der Waals surface area contributed by atoms with E-state index in [-0.39, 0.29) is 0 Å². The van der Waals surface area contributed by atoms with Gasteiger partial charge in [0.2, 0.25) is 0 Å². The lowest BCUT2D eigenvalue weighted by Gasteiger charge is -2.06. The zero-order valence-corrected chi connectivity index (χ0v) is 8.94. The van der Waals surface area contributed by atoms with Gasteiger partial charge in [-0.15, -0.1) is 0 Å². The molecule has 0 aromatic heterocycles. The highest BCUT2D eigenvalue weighted by atomic mass is 16.5. The van der Waals surface area contributed by atoms with E-state index >= 15 is 0 Å². The number of methoxy groups -OCH3 is 2. The van der Waals surface area contributed by atoms with Crippen molar-refractivity contribution in [1.82, 2.24) is 0 Å². The molecule has 0 unspecified atom stereocenters. The van der Waals surface area contributed by atoms with Crippen LogP contribution in [0.4, 0.5) is 21.0 Å². The monoisotopic (exact) mass is 224 g/mol. The molecule has 0 heterocycles. The number of ether oxygens (including phenoxy) is 2. The SMILES string of the molecule is COC(=O)Nc1ccc(NC(=O)OC)cc1. The second kappa shape index (κ2) is 5.59. The molecule has 6 nitrogen and oxygen atoms in total. The van der Waals surface area contributed by atoms with Gasteiger partial charge in [-0.25, -0.2) is 9.59 Å². The summed E-state index contributed by atoms with van der Waals surface area (Å²) in [6.45, 7) is 0. The maximum Gasteiger partial charge on any atom is 0.411 e. The van der Waals surface area contributed by atoms with Crippen molar-refractivity contribution in [2.24, 2.45) is 0 Å². The fourth-order valence-corrected chi connectivity index (χ4v) is 0.975. The molecule has 0 fully saturated rings. The van der Waals surface area contributed by atoms with E-state index in [1.54, 1.807) is 24.3 Å². The van der Waals surface area contributed by atoms with Crippen molar-refractivity contribution in [3.05, 3.63) is 24.3 Å². The Kier molecular flexibility index (Phi) is 4.14. The number of benzene rings is 1. The van der Waals surface area contributed by atoms with Crippen LogP contribution >= 0.6 is 0 Å².